The second kappa shape index (κ2) is 16.3. The van der Waals surface area contributed by atoms with E-state index >= 15 is 0 Å². The number of ether oxygens (including phenoxy) is 1. The lowest BCUT2D eigenvalue weighted by Crippen LogP contribution is -2.00. The molecule has 1 atom stereocenters. The van der Waals surface area contributed by atoms with Gasteiger partial charge in [-0.3, -0.25) is 4.79 Å². The van der Waals surface area contributed by atoms with Gasteiger partial charge in [0.2, 0.25) is 0 Å². The second-order valence-corrected chi connectivity index (χ2v) is 5.76. The Hall–Kier alpha value is -1.09. The highest BCUT2D eigenvalue weighted by Crippen LogP contribution is 2.08. The van der Waals surface area contributed by atoms with Crippen molar-refractivity contribution < 1.29 is 14.6 Å². The number of aliphatic hydroxyl groups is 1. The monoisotopic (exact) mass is 310 g/mol. The Morgan fingerprint density at radius 2 is 1.77 bits per heavy atom. The predicted molar refractivity (Wildman–Crippen MR) is 92.8 cm³/mol. The minimum atomic E-state index is -0.300. The average molecular weight is 310 g/mol. The number of carbonyl (C=O) groups is 1. The molecule has 0 rings (SSSR count). The summed E-state index contributed by atoms with van der Waals surface area (Å²) in [5, 5.41) is 9.70. The van der Waals surface area contributed by atoms with E-state index in [2.05, 4.69) is 17.7 Å². The molecule has 0 aliphatic heterocycles. The van der Waals surface area contributed by atoms with Crippen molar-refractivity contribution in [2.24, 2.45) is 0 Å². The lowest BCUT2D eigenvalue weighted by Gasteiger charge is -2.03. The maximum absolute atomic E-state index is 10.9. The van der Waals surface area contributed by atoms with Crippen molar-refractivity contribution >= 4 is 5.97 Å². The Bertz CT molecular complexity index is 308. The minimum Gasteiger partial charge on any atom is -0.469 e. The Morgan fingerprint density at radius 3 is 2.50 bits per heavy atom. The highest BCUT2D eigenvalue weighted by molar-refractivity contribution is 5.68. The summed E-state index contributed by atoms with van der Waals surface area (Å²) in [7, 11) is 1.44. The molecule has 0 fully saturated rings. The first-order valence-electron chi connectivity index (χ1n) is 8.79. The quantitative estimate of drug-likeness (QED) is 0.281. The van der Waals surface area contributed by atoms with Gasteiger partial charge in [0.1, 0.15) is 0 Å². The summed E-state index contributed by atoms with van der Waals surface area (Å²) < 4.78 is 4.60. The second-order valence-electron chi connectivity index (χ2n) is 5.76. The number of methoxy groups -OCH3 is 1. The maximum atomic E-state index is 10.9. The maximum Gasteiger partial charge on any atom is 0.305 e. The number of allylic oxidation sites excluding steroid dienone is 3. The number of hydrogen-bond donors (Lipinski definition) is 1. The molecule has 3 nitrogen and oxygen atoms in total. The summed E-state index contributed by atoms with van der Waals surface area (Å²) in [6, 6.07) is 0. The number of rotatable bonds is 14. The van der Waals surface area contributed by atoms with Gasteiger partial charge < -0.3 is 9.84 Å². The van der Waals surface area contributed by atoms with Crippen LogP contribution in [0.25, 0.3) is 0 Å². The number of hydrogen-bond acceptors (Lipinski definition) is 3. The Morgan fingerprint density at radius 1 is 1.05 bits per heavy atom. The summed E-state index contributed by atoms with van der Waals surface area (Å²) >= 11 is 0. The van der Waals surface area contributed by atoms with Crippen LogP contribution in [0.2, 0.25) is 0 Å². The molecule has 0 amide bonds. The van der Waals surface area contributed by atoms with Crippen molar-refractivity contribution in [3.8, 4) is 0 Å². The van der Waals surface area contributed by atoms with Crippen LogP contribution in [0.15, 0.2) is 24.3 Å². The van der Waals surface area contributed by atoms with Gasteiger partial charge in [0.05, 0.1) is 13.2 Å². The lowest BCUT2D eigenvalue weighted by molar-refractivity contribution is -0.140. The van der Waals surface area contributed by atoms with Crippen molar-refractivity contribution in [2.75, 3.05) is 7.11 Å². The zero-order valence-electron chi connectivity index (χ0n) is 14.4. The summed E-state index contributed by atoms with van der Waals surface area (Å²) in [5.41, 5.74) is 0. The van der Waals surface area contributed by atoms with Crippen LogP contribution in [-0.2, 0) is 9.53 Å². The van der Waals surface area contributed by atoms with Crippen LogP contribution in [0, 0.1) is 0 Å². The largest absolute Gasteiger partial charge is 0.469 e. The molecule has 3 heteroatoms. The van der Waals surface area contributed by atoms with E-state index in [9.17, 15) is 9.90 Å². The third kappa shape index (κ3) is 15.3. The van der Waals surface area contributed by atoms with Crippen molar-refractivity contribution in [1.29, 1.82) is 0 Å². The molecule has 22 heavy (non-hydrogen) atoms. The van der Waals surface area contributed by atoms with E-state index in [0.717, 1.165) is 32.1 Å². The Balaban J connectivity index is 3.38. The summed E-state index contributed by atoms with van der Waals surface area (Å²) in [4.78, 5) is 10.9. The molecule has 0 aromatic carbocycles. The number of unbranched alkanes of at least 4 members (excludes halogenated alkanes) is 7. The molecule has 0 saturated heterocycles. The number of carbonyl (C=O) groups excluding carboxylic acids is 1. The van der Waals surface area contributed by atoms with Crippen LogP contribution in [0.4, 0.5) is 0 Å². The van der Waals surface area contributed by atoms with E-state index in [1.807, 2.05) is 18.2 Å². The van der Waals surface area contributed by atoms with Crippen LogP contribution in [0.1, 0.15) is 77.6 Å². The first kappa shape index (κ1) is 20.9. The lowest BCUT2D eigenvalue weighted by atomic mass is 10.1. The molecule has 128 valence electrons. The molecule has 0 spiro atoms. The minimum absolute atomic E-state index is 0.105. The zero-order chi connectivity index (χ0) is 16.5. The standard InChI is InChI=1S/C19H34O3/c1-3-4-12-15-18(20)16-13-10-8-6-5-7-9-11-14-17-19(21)22-2/h8,10,13,16,18,20H,3-7,9,11-12,14-15,17H2,1-2H3/b10-8-,16-13+/t18-/m1/s1. The summed E-state index contributed by atoms with van der Waals surface area (Å²) in [6.45, 7) is 2.17. The molecule has 0 heterocycles. The van der Waals surface area contributed by atoms with Gasteiger partial charge in [-0.1, -0.05) is 69.8 Å². The first-order chi connectivity index (χ1) is 10.7. The van der Waals surface area contributed by atoms with E-state index in [-0.39, 0.29) is 12.1 Å². The highest BCUT2D eigenvalue weighted by Gasteiger charge is 1.98. The number of esters is 1. The fraction of sp³-hybridized carbons (Fsp3) is 0.737. The van der Waals surface area contributed by atoms with Crippen LogP contribution in [-0.4, -0.2) is 24.3 Å². The van der Waals surface area contributed by atoms with Crippen LogP contribution in [0.5, 0.6) is 0 Å². The fourth-order valence-corrected chi connectivity index (χ4v) is 2.23. The smallest absolute Gasteiger partial charge is 0.305 e. The van der Waals surface area contributed by atoms with Gasteiger partial charge >= 0.3 is 5.97 Å². The van der Waals surface area contributed by atoms with Gasteiger partial charge in [-0.2, -0.15) is 0 Å². The van der Waals surface area contributed by atoms with Crippen molar-refractivity contribution in [3.05, 3.63) is 24.3 Å². The van der Waals surface area contributed by atoms with Crippen LogP contribution in [0.3, 0.4) is 0 Å². The molecule has 0 radical (unpaired) electrons. The first-order valence-corrected chi connectivity index (χ1v) is 8.79. The summed E-state index contributed by atoms with van der Waals surface area (Å²) in [5.74, 6) is -0.105. The SMILES string of the molecule is CCCCC[C@@H](O)/C=C/C=C\CCCCCCCC(=O)OC. The predicted octanol–water partition coefficient (Wildman–Crippen LogP) is 4.94. The molecular formula is C19H34O3. The van der Waals surface area contributed by atoms with Crippen molar-refractivity contribution in [1.82, 2.24) is 0 Å². The highest BCUT2D eigenvalue weighted by atomic mass is 16.5. The molecule has 0 aliphatic rings. The van der Waals surface area contributed by atoms with Gasteiger partial charge in [0.25, 0.3) is 0 Å². The molecule has 0 unspecified atom stereocenters. The molecular weight excluding hydrogens is 276 g/mol. The Kier molecular flexibility index (Phi) is 15.5. The molecule has 0 aromatic heterocycles. The Labute approximate surface area is 136 Å². The average Bonchev–Trinajstić information content (AvgIpc) is 2.52. The van der Waals surface area contributed by atoms with E-state index in [1.54, 1.807) is 0 Å². The van der Waals surface area contributed by atoms with E-state index < -0.39 is 0 Å². The topological polar surface area (TPSA) is 46.5 Å². The molecule has 0 aromatic rings. The normalized spacial score (nSPS) is 13.0. The molecule has 0 bridgehead atoms. The van der Waals surface area contributed by atoms with Gasteiger partial charge in [-0.05, 0) is 25.7 Å². The van der Waals surface area contributed by atoms with Crippen molar-refractivity contribution in [3.63, 3.8) is 0 Å². The summed E-state index contributed by atoms with van der Waals surface area (Å²) in [6.07, 6.45) is 19.3. The van der Waals surface area contributed by atoms with Crippen LogP contribution >= 0.6 is 0 Å². The van der Waals surface area contributed by atoms with Gasteiger partial charge in [0, 0.05) is 6.42 Å². The van der Waals surface area contributed by atoms with E-state index in [0.29, 0.717) is 6.42 Å². The van der Waals surface area contributed by atoms with Gasteiger partial charge in [-0.15, -0.1) is 0 Å². The van der Waals surface area contributed by atoms with E-state index in [4.69, 9.17) is 0 Å². The van der Waals surface area contributed by atoms with E-state index in [1.165, 1.54) is 39.2 Å². The van der Waals surface area contributed by atoms with Gasteiger partial charge in [0.15, 0.2) is 0 Å². The third-order valence-corrected chi connectivity index (χ3v) is 3.66. The third-order valence-electron chi connectivity index (χ3n) is 3.66. The number of aliphatic hydroxyl groups excluding tert-OH is 1. The zero-order valence-corrected chi connectivity index (χ0v) is 14.4. The van der Waals surface area contributed by atoms with Crippen molar-refractivity contribution in [2.45, 2.75) is 83.7 Å². The van der Waals surface area contributed by atoms with Crippen LogP contribution < -0.4 is 0 Å². The molecule has 1 N–H and O–H groups in total. The molecule has 0 aliphatic carbocycles. The van der Waals surface area contributed by atoms with Gasteiger partial charge in [-0.25, -0.2) is 0 Å². The fourth-order valence-electron chi connectivity index (χ4n) is 2.23. The molecule has 0 saturated carbocycles.